The van der Waals surface area contributed by atoms with Gasteiger partial charge in [-0.3, -0.25) is 0 Å². The molecule has 0 saturated carbocycles. The molecule has 0 amide bonds. The fraction of sp³-hybridized carbons (Fsp3) is 0. The van der Waals surface area contributed by atoms with Crippen molar-refractivity contribution < 1.29 is 0 Å². The molecular weight excluding hydrogens is 416 g/mol. The lowest BCUT2D eigenvalue weighted by Crippen LogP contribution is -1.80. The second-order valence-corrected chi connectivity index (χ2v) is 9.73. The lowest BCUT2D eigenvalue weighted by molar-refractivity contribution is 1.68. The average Bonchev–Trinajstić information content (AvgIpc) is 3.25. The van der Waals surface area contributed by atoms with Crippen molar-refractivity contribution in [2.75, 3.05) is 0 Å². The van der Waals surface area contributed by atoms with E-state index in [0.29, 0.717) is 0 Å². The van der Waals surface area contributed by atoms with Gasteiger partial charge in [-0.25, -0.2) is 0 Å². The first kappa shape index (κ1) is 18.6. The van der Waals surface area contributed by atoms with Crippen LogP contribution in [0, 0.1) is 0 Å². The molecule has 1 aromatic heterocycles. The summed E-state index contributed by atoms with van der Waals surface area (Å²) < 4.78 is 2.68. The summed E-state index contributed by atoms with van der Waals surface area (Å²) in [5.74, 6) is 0. The van der Waals surface area contributed by atoms with Gasteiger partial charge in [-0.05, 0) is 80.2 Å². The zero-order valence-electron chi connectivity index (χ0n) is 18.0. The van der Waals surface area contributed by atoms with Gasteiger partial charge in [-0.1, -0.05) is 84.9 Å². The van der Waals surface area contributed by atoms with Crippen molar-refractivity contribution in [2.24, 2.45) is 0 Å². The molecule has 154 valence electrons. The Bertz CT molecular complexity index is 1690. The minimum absolute atomic E-state index is 1.26. The fourth-order valence-corrected chi connectivity index (χ4v) is 5.94. The van der Waals surface area contributed by atoms with Crippen molar-refractivity contribution in [2.45, 2.75) is 0 Å². The van der Waals surface area contributed by atoms with E-state index in [0.717, 1.165) is 0 Å². The minimum Gasteiger partial charge on any atom is -0.135 e. The molecule has 0 aliphatic carbocycles. The van der Waals surface area contributed by atoms with Crippen molar-refractivity contribution >= 4 is 53.1 Å². The van der Waals surface area contributed by atoms with Crippen LogP contribution in [0.3, 0.4) is 0 Å². The molecule has 0 atom stereocenters. The molecule has 0 N–H and O–H groups in total. The molecule has 6 aromatic carbocycles. The molecule has 0 aliphatic heterocycles. The minimum atomic E-state index is 1.26. The van der Waals surface area contributed by atoms with Crippen LogP contribution in [0.5, 0.6) is 0 Å². The summed E-state index contributed by atoms with van der Waals surface area (Å²) in [6.07, 6.45) is 0. The number of benzene rings is 6. The summed E-state index contributed by atoms with van der Waals surface area (Å²) in [6.45, 7) is 0. The van der Waals surface area contributed by atoms with Crippen LogP contribution in [-0.2, 0) is 0 Å². The zero-order valence-corrected chi connectivity index (χ0v) is 18.8. The van der Waals surface area contributed by atoms with Crippen molar-refractivity contribution in [1.82, 2.24) is 0 Å². The van der Waals surface area contributed by atoms with E-state index >= 15 is 0 Å². The maximum Gasteiger partial charge on any atom is 0.0355 e. The first-order valence-electron chi connectivity index (χ1n) is 11.3. The molecule has 0 radical (unpaired) electrons. The lowest BCUT2D eigenvalue weighted by Gasteiger charge is -2.06. The summed E-state index contributed by atoms with van der Waals surface area (Å²) in [5.41, 5.74) is 5.06. The molecule has 0 spiro atoms. The maximum absolute atomic E-state index is 2.36. The molecule has 0 aliphatic rings. The van der Waals surface area contributed by atoms with Crippen LogP contribution in [-0.4, -0.2) is 0 Å². The van der Waals surface area contributed by atoms with Gasteiger partial charge >= 0.3 is 0 Å². The predicted octanol–water partition coefficient (Wildman–Crippen LogP) is 9.69. The topological polar surface area (TPSA) is 0 Å². The van der Waals surface area contributed by atoms with Gasteiger partial charge in [0.15, 0.2) is 0 Å². The van der Waals surface area contributed by atoms with E-state index < -0.39 is 0 Å². The quantitative estimate of drug-likeness (QED) is 0.253. The Morgan fingerprint density at radius 1 is 0.333 bits per heavy atom. The Hall–Kier alpha value is -3.94. The van der Waals surface area contributed by atoms with Gasteiger partial charge in [0.25, 0.3) is 0 Å². The summed E-state index contributed by atoms with van der Waals surface area (Å²) in [5, 5.41) is 7.80. The number of rotatable bonds is 2. The second-order valence-electron chi connectivity index (χ2n) is 8.65. The lowest BCUT2D eigenvalue weighted by atomic mass is 9.98. The van der Waals surface area contributed by atoms with E-state index in [1.165, 1.54) is 64.0 Å². The smallest absolute Gasteiger partial charge is 0.0355 e. The normalized spacial score (nSPS) is 11.6. The Labute approximate surface area is 196 Å². The van der Waals surface area contributed by atoms with Gasteiger partial charge in [0.1, 0.15) is 0 Å². The van der Waals surface area contributed by atoms with Gasteiger partial charge in [0.2, 0.25) is 0 Å². The van der Waals surface area contributed by atoms with Crippen molar-refractivity contribution in [3.63, 3.8) is 0 Å². The van der Waals surface area contributed by atoms with Crippen LogP contribution in [0.1, 0.15) is 0 Å². The second kappa shape index (κ2) is 7.30. The van der Waals surface area contributed by atoms with E-state index in [-0.39, 0.29) is 0 Å². The van der Waals surface area contributed by atoms with Crippen LogP contribution in [0.25, 0.3) is 64.0 Å². The molecule has 0 saturated heterocycles. The third-order valence-electron chi connectivity index (χ3n) is 6.63. The number of fused-ring (bicyclic) bond motifs is 5. The highest BCUT2D eigenvalue weighted by Crippen LogP contribution is 2.39. The van der Waals surface area contributed by atoms with Crippen LogP contribution in [0.4, 0.5) is 0 Å². The first-order chi connectivity index (χ1) is 16.3. The third-order valence-corrected chi connectivity index (χ3v) is 7.79. The fourth-order valence-electron chi connectivity index (χ4n) is 4.87. The Morgan fingerprint density at radius 3 is 1.21 bits per heavy atom. The van der Waals surface area contributed by atoms with E-state index in [4.69, 9.17) is 0 Å². The zero-order chi connectivity index (χ0) is 21.8. The molecule has 33 heavy (non-hydrogen) atoms. The molecule has 0 nitrogen and oxygen atoms in total. The van der Waals surface area contributed by atoms with E-state index in [2.05, 4.69) is 121 Å². The van der Waals surface area contributed by atoms with Crippen molar-refractivity contribution in [3.8, 4) is 22.3 Å². The highest BCUT2D eigenvalue weighted by Gasteiger charge is 2.10. The van der Waals surface area contributed by atoms with Gasteiger partial charge < -0.3 is 0 Å². The SMILES string of the molecule is c1ccc2cc(-c3ccc4sc5ccc(-c6ccc7ccccc7c6)cc5c4c3)ccc2c1. The molecular formula is C32H20S. The Kier molecular flexibility index (Phi) is 4.12. The van der Waals surface area contributed by atoms with Crippen LogP contribution < -0.4 is 0 Å². The summed E-state index contributed by atoms with van der Waals surface area (Å²) in [6, 6.07) is 44.4. The summed E-state index contributed by atoms with van der Waals surface area (Å²) in [7, 11) is 0. The third kappa shape index (κ3) is 3.13. The largest absolute Gasteiger partial charge is 0.135 e. The van der Waals surface area contributed by atoms with Crippen LogP contribution in [0.2, 0.25) is 0 Å². The number of hydrogen-bond acceptors (Lipinski definition) is 1. The monoisotopic (exact) mass is 436 g/mol. The molecule has 1 heterocycles. The molecule has 0 fully saturated rings. The summed E-state index contributed by atoms with van der Waals surface area (Å²) >= 11 is 1.87. The van der Waals surface area contributed by atoms with Crippen LogP contribution >= 0.6 is 11.3 Å². The molecule has 7 rings (SSSR count). The maximum atomic E-state index is 2.36. The number of hydrogen-bond donors (Lipinski definition) is 0. The Balaban J connectivity index is 1.39. The average molecular weight is 437 g/mol. The number of thiophene rings is 1. The van der Waals surface area contributed by atoms with Crippen molar-refractivity contribution in [3.05, 3.63) is 121 Å². The van der Waals surface area contributed by atoms with Crippen molar-refractivity contribution in [1.29, 1.82) is 0 Å². The van der Waals surface area contributed by atoms with E-state index in [1.54, 1.807) is 0 Å². The molecule has 1 heteroatoms. The van der Waals surface area contributed by atoms with Crippen LogP contribution in [0.15, 0.2) is 121 Å². The summed E-state index contributed by atoms with van der Waals surface area (Å²) in [4.78, 5) is 0. The highest BCUT2D eigenvalue weighted by molar-refractivity contribution is 7.25. The first-order valence-corrected chi connectivity index (χ1v) is 12.1. The van der Waals surface area contributed by atoms with Gasteiger partial charge in [-0.15, -0.1) is 11.3 Å². The van der Waals surface area contributed by atoms with E-state index in [9.17, 15) is 0 Å². The van der Waals surface area contributed by atoms with Gasteiger partial charge in [0.05, 0.1) is 0 Å². The highest BCUT2D eigenvalue weighted by atomic mass is 32.1. The molecule has 0 bridgehead atoms. The predicted molar refractivity (Wildman–Crippen MR) is 145 cm³/mol. The van der Waals surface area contributed by atoms with Gasteiger partial charge in [-0.2, -0.15) is 0 Å². The standard InChI is InChI=1S/C32H20S/c1-3-7-23-17-25(11-9-21(23)5-1)27-13-15-31-29(19-27)30-20-28(14-16-32(30)33-31)26-12-10-22-6-2-4-8-24(22)18-26/h1-20H. The van der Waals surface area contributed by atoms with E-state index in [1.807, 2.05) is 11.3 Å². The molecule has 7 aromatic rings. The van der Waals surface area contributed by atoms with Gasteiger partial charge in [0, 0.05) is 20.2 Å². The molecule has 0 unspecified atom stereocenters. The Morgan fingerprint density at radius 2 is 0.727 bits per heavy atom.